The van der Waals surface area contributed by atoms with Crippen LogP contribution in [0.1, 0.15) is 53.9 Å². The third-order valence-electron chi connectivity index (χ3n) is 3.98. The van der Waals surface area contributed by atoms with E-state index in [1.54, 1.807) is 0 Å². The average Bonchev–Trinajstić information content (AvgIpc) is 2.85. The maximum absolute atomic E-state index is 6.16. The number of aryl methyl sites for hydroxylation is 1. The number of thiazole rings is 1. The SMILES string of the molecule is CCCN1CCOC(c2nc3c(s2)CCCC3N)C1. The predicted octanol–water partition coefficient (Wildman–Crippen LogP) is 2.26. The first-order chi connectivity index (χ1) is 9.28. The van der Waals surface area contributed by atoms with Crippen LogP contribution in [0.3, 0.4) is 0 Å². The minimum absolute atomic E-state index is 0.143. The number of ether oxygens (including phenoxy) is 1. The molecular formula is C14H23N3OS. The van der Waals surface area contributed by atoms with Crippen molar-refractivity contribution in [1.82, 2.24) is 9.88 Å². The minimum Gasteiger partial charge on any atom is -0.368 e. The Kier molecular flexibility index (Phi) is 4.17. The Labute approximate surface area is 119 Å². The summed E-state index contributed by atoms with van der Waals surface area (Å²) in [4.78, 5) is 8.67. The number of rotatable bonds is 3. The Morgan fingerprint density at radius 3 is 3.21 bits per heavy atom. The fraction of sp³-hybridized carbons (Fsp3) is 0.786. The summed E-state index contributed by atoms with van der Waals surface area (Å²) in [5.74, 6) is 0. The summed E-state index contributed by atoms with van der Waals surface area (Å²) >= 11 is 1.82. The second kappa shape index (κ2) is 5.87. The molecule has 2 heterocycles. The molecule has 106 valence electrons. The Morgan fingerprint density at radius 1 is 1.53 bits per heavy atom. The van der Waals surface area contributed by atoms with E-state index >= 15 is 0 Å². The van der Waals surface area contributed by atoms with Crippen LogP contribution >= 0.6 is 11.3 Å². The van der Waals surface area contributed by atoms with E-state index in [-0.39, 0.29) is 12.1 Å². The Morgan fingerprint density at radius 2 is 2.42 bits per heavy atom. The number of morpholine rings is 1. The molecule has 2 N–H and O–H groups in total. The molecule has 2 unspecified atom stereocenters. The lowest BCUT2D eigenvalue weighted by Crippen LogP contribution is -2.38. The summed E-state index contributed by atoms with van der Waals surface area (Å²) < 4.78 is 5.92. The number of fused-ring (bicyclic) bond motifs is 1. The Bertz CT molecular complexity index is 432. The molecule has 0 saturated carbocycles. The maximum atomic E-state index is 6.16. The molecule has 0 aromatic carbocycles. The molecule has 1 aromatic heterocycles. The third-order valence-corrected chi connectivity index (χ3v) is 5.20. The Balaban J connectivity index is 1.75. The highest BCUT2D eigenvalue weighted by molar-refractivity contribution is 7.11. The first-order valence-electron chi connectivity index (χ1n) is 7.37. The van der Waals surface area contributed by atoms with E-state index < -0.39 is 0 Å². The van der Waals surface area contributed by atoms with E-state index in [1.807, 2.05) is 11.3 Å². The van der Waals surface area contributed by atoms with Gasteiger partial charge in [-0.3, -0.25) is 4.90 Å². The van der Waals surface area contributed by atoms with E-state index in [0.717, 1.165) is 49.8 Å². The molecule has 0 amide bonds. The van der Waals surface area contributed by atoms with Gasteiger partial charge in [-0.2, -0.15) is 0 Å². The zero-order valence-corrected chi connectivity index (χ0v) is 12.4. The van der Waals surface area contributed by atoms with Crippen molar-refractivity contribution in [1.29, 1.82) is 0 Å². The molecule has 1 saturated heterocycles. The van der Waals surface area contributed by atoms with Gasteiger partial charge < -0.3 is 10.5 Å². The number of nitrogens with two attached hydrogens (primary N) is 1. The molecule has 1 aliphatic carbocycles. The van der Waals surface area contributed by atoms with Gasteiger partial charge in [0.1, 0.15) is 11.1 Å². The third kappa shape index (κ3) is 2.84. The average molecular weight is 281 g/mol. The van der Waals surface area contributed by atoms with Gasteiger partial charge in [0, 0.05) is 24.0 Å². The largest absolute Gasteiger partial charge is 0.368 e. The van der Waals surface area contributed by atoms with Gasteiger partial charge in [0.2, 0.25) is 0 Å². The van der Waals surface area contributed by atoms with Gasteiger partial charge in [-0.25, -0.2) is 4.98 Å². The van der Waals surface area contributed by atoms with Crippen molar-refractivity contribution in [3.63, 3.8) is 0 Å². The van der Waals surface area contributed by atoms with Crippen LogP contribution in [-0.2, 0) is 11.2 Å². The summed E-state index contributed by atoms with van der Waals surface area (Å²) in [6.45, 7) is 6.24. The summed E-state index contributed by atoms with van der Waals surface area (Å²) in [5.41, 5.74) is 7.30. The van der Waals surface area contributed by atoms with Crippen molar-refractivity contribution in [2.75, 3.05) is 26.2 Å². The highest BCUT2D eigenvalue weighted by atomic mass is 32.1. The first-order valence-corrected chi connectivity index (χ1v) is 8.18. The van der Waals surface area contributed by atoms with Gasteiger partial charge in [0.05, 0.1) is 12.3 Å². The van der Waals surface area contributed by atoms with Gasteiger partial charge in [0.25, 0.3) is 0 Å². The monoisotopic (exact) mass is 281 g/mol. The molecule has 3 rings (SSSR count). The summed E-state index contributed by atoms with van der Waals surface area (Å²) in [5, 5.41) is 1.14. The van der Waals surface area contributed by atoms with E-state index in [4.69, 9.17) is 15.5 Å². The van der Waals surface area contributed by atoms with Gasteiger partial charge in [0.15, 0.2) is 0 Å². The molecule has 1 fully saturated rings. The number of nitrogens with zero attached hydrogens (tertiary/aromatic N) is 2. The highest BCUT2D eigenvalue weighted by Crippen LogP contribution is 2.35. The molecule has 0 radical (unpaired) electrons. The van der Waals surface area contributed by atoms with Crippen LogP contribution in [-0.4, -0.2) is 36.1 Å². The summed E-state index contributed by atoms with van der Waals surface area (Å²) in [6, 6.07) is 0.143. The van der Waals surface area contributed by atoms with Gasteiger partial charge in [-0.1, -0.05) is 6.92 Å². The van der Waals surface area contributed by atoms with E-state index in [9.17, 15) is 0 Å². The zero-order valence-electron chi connectivity index (χ0n) is 11.6. The van der Waals surface area contributed by atoms with E-state index in [1.165, 1.54) is 17.7 Å². The van der Waals surface area contributed by atoms with Crippen LogP contribution in [0.5, 0.6) is 0 Å². The Hall–Kier alpha value is -0.490. The van der Waals surface area contributed by atoms with Crippen LogP contribution in [0.4, 0.5) is 0 Å². The van der Waals surface area contributed by atoms with Crippen LogP contribution in [0.25, 0.3) is 0 Å². The lowest BCUT2D eigenvalue weighted by Gasteiger charge is -2.31. The second-order valence-electron chi connectivity index (χ2n) is 5.52. The predicted molar refractivity (Wildman–Crippen MR) is 77.4 cm³/mol. The van der Waals surface area contributed by atoms with Crippen molar-refractivity contribution >= 4 is 11.3 Å². The zero-order chi connectivity index (χ0) is 13.2. The normalized spacial score (nSPS) is 28.3. The van der Waals surface area contributed by atoms with Gasteiger partial charge in [-0.05, 0) is 32.2 Å². The smallest absolute Gasteiger partial charge is 0.123 e. The molecule has 5 heteroatoms. The minimum atomic E-state index is 0.143. The molecule has 0 spiro atoms. The number of hydrogen-bond donors (Lipinski definition) is 1. The fourth-order valence-corrected chi connectivity index (χ4v) is 4.20. The summed E-state index contributed by atoms with van der Waals surface area (Å²) in [7, 11) is 0. The van der Waals surface area contributed by atoms with Gasteiger partial charge in [-0.15, -0.1) is 11.3 Å². The quantitative estimate of drug-likeness (QED) is 0.923. The number of hydrogen-bond acceptors (Lipinski definition) is 5. The molecular weight excluding hydrogens is 258 g/mol. The summed E-state index contributed by atoms with van der Waals surface area (Å²) in [6.07, 6.45) is 4.77. The van der Waals surface area contributed by atoms with Crippen LogP contribution in [0, 0.1) is 0 Å². The van der Waals surface area contributed by atoms with Crippen molar-refractivity contribution in [3.8, 4) is 0 Å². The molecule has 2 atom stereocenters. The van der Waals surface area contributed by atoms with E-state index in [0.29, 0.717) is 0 Å². The highest BCUT2D eigenvalue weighted by Gasteiger charge is 2.28. The van der Waals surface area contributed by atoms with E-state index in [2.05, 4.69) is 11.8 Å². The lowest BCUT2D eigenvalue weighted by atomic mass is 9.99. The van der Waals surface area contributed by atoms with Crippen molar-refractivity contribution in [3.05, 3.63) is 15.6 Å². The maximum Gasteiger partial charge on any atom is 0.123 e. The topological polar surface area (TPSA) is 51.4 Å². The van der Waals surface area contributed by atoms with Crippen LogP contribution in [0.2, 0.25) is 0 Å². The molecule has 19 heavy (non-hydrogen) atoms. The molecule has 4 nitrogen and oxygen atoms in total. The first kappa shape index (κ1) is 13.5. The van der Waals surface area contributed by atoms with Crippen LogP contribution < -0.4 is 5.73 Å². The molecule has 0 bridgehead atoms. The molecule has 1 aliphatic heterocycles. The lowest BCUT2D eigenvalue weighted by molar-refractivity contribution is -0.0300. The van der Waals surface area contributed by atoms with Crippen molar-refractivity contribution in [2.24, 2.45) is 5.73 Å². The number of aromatic nitrogens is 1. The van der Waals surface area contributed by atoms with Crippen LogP contribution in [0.15, 0.2) is 0 Å². The van der Waals surface area contributed by atoms with Gasteiger partial charge >= 0.3 is 0 Å². The van der Waals surface area contributed by atoms with Crippen molar-refractivity contribution < 1.29 is 4.74 Å². The molecule has 2 aliphatic rings. The molecule has 1 aromatic rings. The standard InChI is InChI=1S/C14H23N3OS/c1-2-6-17-7-8-18-11(9-17)14-16-13-10(15)4-3-5-12(13)19-14/h10-11H,2-9,15H2,1H3. The van der Waals surface area contributed by atoms with Crippen molar-refractivity contribution in [2.45, 2.75) is 44.8 Å². The fourth-order valence-electron chi connectivity index (χ4n) is 2.98. The second-order valence-corrected chi connectivity index (χ2v) is 6.63.